The van der Waals surface area contributed by atoms with E-state index in [0.29, 0.717) is 0 Å². The molecule has 0 saturated carbocycles. The van der Waals surface area contributed by atoms with Gasteiger partial charge in [0.05, 0.1) is 6.67 Å². The Hall–Kier alpha value is -0.250. The lowest BCUT2D eigenvalue weighted by Gasteiger charge is -2.04. The zero-order chi connectivity index (χ0) is 6.62. The minimum atomic E-state index is -3.69. The van der Waals surface area contributed by atoms with E-state index in [4.69, 9.17) is 5.11 Å². The van der Waals surface area contributed by atoms with Crippen LogP contribution in [0.15, 0.2) is 0 Å². The second kappa shape index (κ2) is 2.91. The van der Waals surface area contributed by atoms with Crippen LogP contribution in [0.2, 0.25) is 0 Å². The van der Waals surface area contributed by atoms with Gasteiger partial charge in [0.1, 0.15) is 0 Å². The zero-order valence-electron chi connectivity index (χ0n) is 4.20. The van der Waals surface area contributed by atoms with Crippen molar-refractivity contribution >= 4 is 0 Å². The van der Waals surface area contributed by atoms with E-state index in [0.717, 1.165) is 0 Å². The number of aliphatic hydroxyl groups is 1. The van der Waals surface area contributed by atoms with Crippen LogP contribution >= 0.6 is 0 Å². The topological polar surface area (TPSA) is 20.2 Å². The Morgan fingerprint density at radius 1 is 1.38 bits per heavy atom. The molecule has 0 aliphatic heterocycles. The normalized spacial score (nSPS) is 12.0. The van der Waals surface area contributed by atoms with Gasteiger partial charge in [-0.1, -0.05) is 0 Å². The predicted octanol–water partition coefficient (Wildman–Crippen LogP) is 1.32. The van der Waals surface area contributed by atoms with Gasteiger partial charge in [0.15, 0.2) is 0 Å². The van der Waals surface area contributed by atoms with Crippen LogP contribution in [-0.4, -0.2) is 17.9 Å². The molecule has 0 aromatic heterocycles. The average molecular weight is 128 g/mol. The van der Waals surface area contributed by atoms with Crippen molar-refractivity contribution in [3.63, 3.8) is 0 Å². The Morgan fingerprint density at radius 2 is 1.88 bits per heavy atom. The average Bonchev–Trinajstić information content (AvgIpc) is 1.59. The summed E-state index contributed by atoms with van der Waals surface area (Å²) in [5.41, 5.74) is 0. The van der Waals surface area contributed by atoms with E-state index in [1.54, 1.807) is 0 Å². The molecule has 4 heteroatoms. The van der Waals surface area contributed by atoms with Gasteiger partial charge in [-0.05, 0) is 6.42 Å². The fourth-order valence-corrected chi connectivity index (χ4v) is 0.280. The summed E-state index contributed by atoms with van der Waals surface area (Å²) >= 11 is 0. The standard InChI is InChI=1S/C4H7F3O/c5-3-1-2-4(6,7)8/h8H,1-3H2. The lowest BCUT2D eigenvalue weighted by molar-refractivity contribution is -0.204. The lowest BCUT2D eigenvalue weighted by atomic mass is 10.3. The van der Waals surface area contributed by atoms with Crippen LogP contribution in [0.3, 0.4) is 0 Å². The molecule has 0 radical (unpaired) electrons. The van der Waals surface area contributed by atoms with Gasteiger partial charge in [-0.2, -0.15) is 8.78 Å². The van der Waals surface area contributed by atoms with Gasteiger partial charge >= 0.3 is 6.11 Å². The van der Waals surface area contributed by atoms with Crippen molar-refractivity contribution in [2.45, 2.75) is 19.0 Å². The fourth-order valence-electron chi connectivity index (χ4n) is 0.280. The van der Waals surface area contributed by atoms with E-state index in [-0.39, 0.29) is 6.42 Å². The van der Waals surface area contributed by atoms with Crippen molar-refractivity contribution in [1.82, 2.24) is 0 Å². The maximum Gasteiger partial charge on any atom is 0.353 e. The third kappa shape index (κ3) is 5.75. The Balaban J connectivity index is 3.11. The first-order valence-electron chi connectivity index (χ1n) is 2.22. The molecule has 0 bridgehead atoms. The molecule has 8 heavy (non-hydrogen) atoms. The molecule has 50 valence electrons. The first-order valence-corrected chi connectivity index (χ1v) is 2.22. The van der Waals surface area contributed by atoms with Gasteiger partial charge in [-0.25, -0.2) is 0 Å². The molecule has 0 unspecified atom stereocenters. The van der Waals surface area contributed by atoms with Gasteiger partial charge in [0, 0.05) is 6.42 Å². The zero-order valence-corrected chi connectivity index (χ0v) is 4.20. The van der Waals surface area contributed by atoms with Crippen molar-refractivity contribution in [3.05, 3.63) is 0 Å². The van der Waals surface area contributed by atoms with Crippen LogP contribution in [0.25, 0.3) is 0 Å². The highest BCUT2D eigenvalue weighted by atomic mass is 19.3. The second-order valence-electron chi connectivity index (χ2n) is 1.46. The van der Waals surface area contributed by atoms with E-state index < -0.39 is 19.2 Å². The molecule has 1 nitrogen and oxygen atoms in total. The molecule has 0 amide bonds. The monoisotopic (exact) mass is 128 g/mol. The van der Waals surface area contributed by atoms with E-state index in [2.05, 4.69) is 0 Å². The summed E-state index contributed by atoms with van der Waals surface area (Å²) in [6.45, 7) is -0.809. The Labute approximate surface area is 45.1 Å². The van der Waals surface area contributed by atoms with Gasteiger partial charge < -0.3 is 5.11 Å². The van der Waals surface area contributed by atoms with Crippen molar-refractivity contribution in [3.8, 4) is 0 Å². The molecule has 0 spiro atoms. The van der Waals surface area contributed by atoms with Crippen LogP contribution < -0.4 is 0 Å². The molecule has 0 aliphatic carbocycles. The van der Waals surface area contributed by atoms with Crippen LogP contribution in [0, 0.1) is 0 Å². The summed E-state index contributed by atoms with van der Waals surface area (Å²) in [4.78, 5) is 0. The first-order chi connectivity index (χ1) is 3.56. The maximum atomic E-state index is 11.3. The molecule has 0 aromatic rings. The molecular weight excluding hydrogens is 121 g/mol. The van der Waals surface area contributed by atoms with Crippen molar-refractivity contribution in [2.75, 3.05) is 6.67 Å². The highest BCUT2D eigenvalue weighted by Gasteiger charge is 2.22. The number of alkyl halides is 3. The summed E-state index contributed by atoms with van der Waals surface area (Å²) in [5.74, 6) is 0. The van der Waals surface area contributed by atoms with Gasteiger partial charge in [-0.15, -0.1) is 0 Å². The van der Waals surface area contributed by atoms with Crippen molar-refractivity contribution in [1.29, 1.82) is 0 Å². The SMILES string of the molecule is OC(F)(F)CCCF. The summed E-state index contributed by atoms with van der Waals surface area (Å²) in [5, 5.41) is 7.65. The molecule has 0 fully saturated rings. The van der Waals surface area contributed by atoms with Crippen molar-refractivity contribution in [2.24, 2.45) is 0 Å². The molecule has 0 aliphatic rings. The summed E-state index contributed by atoms with van der Waals surface area (Å²) < 4.78 is 33.7. The van der Waals surface area contributed by atoms with Crippen LogP contribution in [0.1, 0.15) is 12.8 Å². The minimum Gasteiger partial charge on any atom is -0.336 e. The fraction of sp³-hybridized carbons (Fsp3) is 1.00. The Kier molecular flexibility index (Phi) is 2.82. The van der Waals surface area contributed by atoms with E-state index in [9.17, 15) is 13.2 Å². The molecule has 0 heterocycles. The molecular formula is C4H7F3O. The Bertz CT molecular complexity index is 58.8. The van der Waals surface area contributed by atoms with Gasteiger partial charge in [-0.3, -0.25) is 4.39 Å². The number of hydrogen-bond acceptors (Lipinski definition) is 1. The van der Waals surface area contributed by atoms with Gasteiger partial charge in [0.25, 0.3) is 0 Å². The lowest BCUT2D eigenvalue weighted by Crippen LogP contribution is -2.13. The number of hydrogen-bond donors (Lipinski definition) is 1. The van der Waals surface area contributed by atoms with E-state index >= 15 is 0 Å². The van der Waals surface area contributed by atoms with Crippen LogP contribution in [0.5, 0.6) is 0 Å². The van der Waals surface area contributed by atoms with Crippen molar-refractivity contribution < 1.29 is 18.3 Å². The summed E-state index contributed by atoms with van der Waals surface area (Å²) in [7, 11) is 0. The molecule has 1 N–H and O–H groups in total. The number of halogens is 3. The second-order valence-corrected chi connectivity index (χ2v) is 1.46. The third-order valence-corrected chi connectivity index (χ3v) is 0.611. The van der Waals surface area contributed by atoms with Gasteiger partial charge in [0.2, 0.25) is 0 Å². The Morgan fingerprint density at radius 3 is 2.00 bits per heavy atom. The minimum absolute atomic E-state index is 0.288. The highest BCUT2D eigenvalue weighted by molar-refractivity contribution is 4.47. The molecule has 0 rings (SSSR count). The largest absolute Gasteiger partial charge is 0.353 e. The smallest absolute Gasteiger partial charge is 0.336 e. The summed E-state index contributed by atoms with van der Waals surface area (Å²) in [6.07, 6.45) is -4.76. The molecule has 0 saturated heterocycles. The predicted molar refractivity (Wildman–Crippen MR) is 22.4 cm³/mol. The molecule has 0 aromatic carbocycles. The third-order valence-electron chi connectivity index (χ3n) is 0.611. The summed E-state index contributed by atoms with van der Waals surface area (Å²) in [6, 6.07) is 0. The van der Waals surface area contributed by atoms with E-state index in [1.165, 1.54) is 0 Å². The van der Waals surface area contributed by atoms with E-state index in [1.807, 2.05) is 0 Å². The number of rotatable bonds is 3. The van der Waals surface area contributed by atoms with Crippen LogP contribution in [-0.2, 0) is 0 Å². The van der Waals surface area contributed by atoms with Crippen LogP contribution in [0.4, 0.5) is 13.2 Å². The molecule has 0 atom stereocenters. The quantitative estimate of drug-likeness (QED) is 0.607. The first kappa shape index (κ1) is 7.75. The highest BCUT2D eigenvalue weighted by Crippen LogP contribution is 2.14. The maximum absolute atomic E-state index is 11.3.